The maximum Gasteiger partial charge on any atom is 0.274 e. The lowest BCUT2D eigenvalue weighted by Gasteiger charge is -2.25. The smallest absolute Gasteiger partial charge is 0.274 e. The lowest BCUT2D eigenvalue weighted by atomic mass is 9.91. The van der Waals surface area contributed by atoms with Crippen LogP contribution in [0.2, 0.25) is 0 Å². The third-order valence-electron chi connectivity index (χ3n) is 5.56. The minimum Gasteiger partial charge on any atom is -0.467 e. The van der Waals surface area contributed by atoms with Crippen LogP contribution in [0.5, 0.6) is 0 Å². The number of nitrogens with one attached hydrogen (secondary N) is 1. The van der Waals surface area contributed by atoms with Gasteiger partial charge in [-0.15, -0.1) is 0 Å². The largest absolute Gasteiger partial charge is 0.467 e. The first-order chi connectivity index (χ1) is 12.7. The van der Waals surface area contributed by atoms with E-state index in [0.717, 1.165) is 49.6 Å². The fourth-order valence-corrected chi connectivity index (χ4v) is 3.84. The maximum atomic E-state index is 13.0. The van der Waals surface area contributed by atoms with Crippen LogP contribution in [-0.2, 0) is 25.9 Å². The summed E-state index contributed by atoms with van der Waals surface area (Å²) >= 11 is 0. The molecule has 2 aromatic heterocycles. The van der Waals surface area contributed by atoms with Crippen molar-refractivity contribution >= 4 is 5.91 Å². The maximum absolute atomic E-state index is 13.0. The number of carbonyl (C=O) groups excluding carboxylic acids is 1. The third kappa shape index (κ3) is 3.56. The van der Waals surface area contributed by atoms with Gasteiger partial charge in [0.2, 0.25) is 0 Å². The van der Waals surface area contributed by atoms with Crippen LogP contribution in [0, 0.1) is 5.92 Å². The van der Waals surface area contributed by atoms with Crippen molar-refractivity contribution in [2.45, 2.75) is 58.2 Å². The third-order valence-corrected chi connectivity index (χ3v) is 5.56. The number of furan rings is 1. The lowest BCUT2D eigenvalue weighted by Crippen LogP contribution is -2.37. The predicted molar refractivity (Wildman–Crippen MR) is 98.9 cm³/mol. The van der Waals surface area contributed by atoms with E-state index in [-0.39, 0.29) is 5.91 Å². The lowest BCUT2D eigenvalue weighted by molar-refractivity contribution is 0.0767. The van der Waals surface area contributed by atoms with E-state index in [9.17, 15) is 4.79 Å². The SMILES string of the molecule is CCn1nc(C(=O)N(C)Cc2ccco2)c2c1CCC(NCC1CC1)C2. The van der Waals surface area contributed by atoms with E-state index in [1.165, 1.54) is 18.5 Å². The quantitative estimate of drug-likeness (QED) is 0.828. The number of carbonyl (C=O) groups is 1. The molecule has 0 aliphatic heterocycles. The molecule has 6 nitrogen and oxygen atoms in total. The molecule has 2 heterocycles. The highest BCUT2D eigenvalue weighted by atomic mass is 16.3. The Kier molecular flexibility index (Phi) is 4.85. The molecule has 4 rings (SSSR count). The van der Waals surface area contributed by atoms with Crippen LogP contribution < -0.4 is 5.32 Å². The molecule has 1 atom stereocenters. The Balaban J connectivity index is 1.51. The van der Waals surface area contributed by atoms with Gasteiger partial charge in [0.25, 0.3) is 5.91 Å². The van der Waals surface area contributed by atoms with Gasteiger partial charge < -0.3 is 14.6 Å². The van der Waals surface area contributed by atoms with Crippen LogP contribution >= 0.6 is 0 Å². The Hall–Kier alpha value is -2.08. The predicted octanol–water partition coefficient (Wildman–Crippen LogP) is 2.63. The van der Waals surface area contributed by atoms with E-state index < -0.39 is 0 Å². The van der Waals surface area contributed by atoms with Gasteiger partial charge in [0.1, 0.15) is 5.76 Å². The van der Waals surface area contributed by atoms with E-state index in [0.29, 0.717) is 18.3 Å². The fraction of sp³-hybridized carbons (Fsp3) is 0.600. The van der Waals surface area contributed by atoms with Crippen molar-refractivity contribution in [3.63, 3.8) is 0 Å². The summed E-state index contributed by atoms with van der Waals surface area (Å²) < 4.78 is 7.39. The highest BCUT2D eigenvalue weighted by Crippen LogP contribution is 2.30. The summed E-state index contributed by atoms with van der Waals surface area (Å²) in [4.78, 5) is 14.7. The molecule has 2 aromatic rings. The summed E-state index contributed by atoms with van der Waals surface area (Å²) in [5, 5.41) is 8.38. The van der Waals surface area contributed by atoms with Crippen molar-refractivity contribution in [3.8, 4) is 0 Å². The van der Waals surface area contributed by atoms with Crippen molar-refractivity contribution in [1.82, 2.24) is 20.0 Å². The van der Waals surface area contributed by atoms with E-state index in [2.05, 4.69) is 17.3 Å². The molecule has 0 saturated heterocycles. The molecular weight excluding hydrogens is 328 g/mol. The van der Waals surface area contributed by atoms with Crippen LogP contribution in [0.25, 0.3) is 0 Å². The Labute approximate surface area is 154 Å². The average molecular weight is 356 g/mol. The van der Waals surface area contributed by atoms with Crippen LogP contribution in [0.4, 0.5) is 0 Å². The zero-order valence-electron chi connectivity index (χ0n) is 15.7. The zero-order valence-corrected chi connectivity index (χ0v) is 15.7. The number of hydrogen-bond donors (Lipinski definition) is 1. The molecule has 140 valence electrons. The molecule has 0 bridgehead atoms. The van der Waals surface area contributed by atoms with Gasteiger partial charge in [0.15, 0.2) is 5.69 Å². The number of rotatable bonds is 7. The molecule has 1 unspecified atom stereocenters. The average Bonchev–Trinajstić information content (AvgIpc) is 3.21. The first-order valence-electron chi connectivity index (χ1n) is 9.75. The Morgan fingerprint density at radius 3 is 2.96 bits per heavy atom. The van der Waals surface area contributed by atoms with E-state index in [4.69, 9.17) is 4.42 Å². The second kappa shape index (κ2) is 7.27. The number of fused-ring (bicyclic) bond motifs is 1. The van der Waals surface area contributed by atoms with Crippen molar-refractivity contribution in [2.24, 2.45) is 5.92 Å². The monoisotopic (exact) mass is 356 g/mol. The van der Waals surface area contributed by atoms with Gasteiger partial charge in [0.05, 0.1) is 12.8 Å². The van der Waals surface area contributed by atoms with E-state index in [1.54, 1.807) is 11.2 Å². The highest BCUT2D eigenvalue weighted by molar-refractivity contribution is 5.94. The molecule has 0 radical (unpaired) electrons. The van der Waals surface area contributed by atoms with Crippen molar-refractivity contribution in [1.29, 1.82) is 0 Å². The molecule has 1 fully saturated rings. The topological polar surface area (TPSA) is 63.3 Å². The molecule has 0 spiro atoms. The highest BCUT2D eigenvalue weighted by Gasteiger charge is 2.31. The number of aromatic nitrogens is 2. The second-order valence-corrected chi connectivity index (χ2v) is 7.62. The van der Waals surface area contributed by atoms with Gasteiger partial charge in [-0.1, -0.05) is 0 Å². The van der Waals surface area contributed by atoms with E-state index in [1.807, 2.05) is 23.9 Å². The summed E-state index contributed by atoms with van der Waals surface area (Å²) in [5.74, 6) is 1.64. The molecule has 6 heteroatoms. The number of aryl methyl sites for hydroxylation is 1. The Bertz CT molecular complexity index is 761. The standard InChI is InChI=1S/C20H28N4O2/c1-3-24-18-9-8-15(21-12-14-6-7-14)11-17(18)19(22-24)20(25)23(2)13-16-5-4-10-26-16/h4-5,10,14-15,21H,3,6-9,11-13H2,1-2H3. The number of amides is 1. The van der Waals surface area contributed by atoms with Gasteiger partial charge in [-0.2, -0.15) is 5.10 Å². The number of hydrogen-bond acceptors (Lipinski definition) is 4. The minimum absolute atomic E-state index is 0.0207. The van der Waals surface area contributed by atoms with Gasteiger partial charge in [-0.3, -0.25) is 9.48 Å². The molecule has 26 heavy (non-hydrogen) atoms. The molecule has 2 aliphatic rings. The zero-order chi connectivity index (χ0) is 18.1. The van der Waals surface area contributed by atoms with Gasteiger partial charge in [0, 0.05) is 30.9 Å². The summed E-state index contributed by atoms with van der Waals surface area (Å²) in [5.41, 5.74) is 3.00. The normalized spacial score (nSPS) is 19.4. The van der Waals surface area contributed by atoms with E-state index >= 15 is 0 Å². The fourth-order valence-electron chi connectivity index (χ4n) is 3.84. The van der Waals surface area contributed by atoms with Gasteiger partial charge >= 0.3 is 0 Å². The molecule has 1 saturated carbocycles. The molecule has 0 aromatic carbocycles. The minimum atomic E-state index is -0.0207. The Morgan fingerprint density at radius 1 is 1.42 bits per heavy atom. The van der Waals surface area contributed by atoms with Crippen LogP contribution in [0.15, 0.2) is 22.8 Å². The van der Waals surface area contributed by atoms with Crippen molar-refractivity contribution in [3.05, 3.63) is 41.1 Å². The van der Waals surface area contributed by atoms with Crippen LogP contribution in [0.1, 0.15) is 53.7 Å². The molecule has 1 amide bonds. The molecular formula is C20H28N4O2. The summed E-state index contributed by atoms with van der Waals surface area (Å²) in [7, 11) is 1.81. The van der Waals surface area contributed by atoms with Gasteiger partial charge in [-0.25, -0.2) is 0 Å². The summed E-state index contributed by atoms with van der Waals surface area (Å²) in [6, 6.07) is 4.19. The summed E-state index contributed by atoms with van der Waals surface area (Å²) in [6.07, 6.45) is 7.38. The molecule has 1 N–H and O–H groups in total. The van der Waals surface area contributed by atoms with Crippen molar-refractivity contribution in [2.75, 3.05) is 13.6 Å². The number of nitrogens with zero attached hydrogens (tertiary/aromatic N) is 3. The Morgan fingerprint density at radius 2 is 2.27 bits per heavy atom. The van der Waals surface area contributed by atoms with Crippen LogP contribution in [0.3, 0.4) is 0 Å². The first kappa shape index (κ1) is 17.3. The molecule has 2 aliphatic carbocycles. The second-order valence-electron chi connectivity index (χ2n) is 7.62. The first-order valence-corrected chi connectivity index (χ1v) is 9.75. The van der Waals surface area contributed by atoms with Crippen molar-refractivity contribution < 1.29 is 9.21 Å². The van der Waals surface area contributed by atoms with Crippen LogP contribution in [-0.4, -0.2) is 40.2 Å². The van der Waals surface area contributed by atoms with Gasteiger partial charge in [-0.05, 0) is 63.6 Å². The summed E-state index contributed by atoms with van der Waals surface area (Å²) in [6.45, 7) is 4.47.